The van der Waals surface area contributed by atoms with Crippen LogP contribution >= 0.6 is 0 Å². The molecular formula is C14H19N3O2S. The van der Waals surface area contributed by atoms with Crippen molar-refractivity contribution in [1.82, 2.24) is 15.3 Å². The van der Waals surface area contributed by atoms with E-state index in [-0.39, 0.29) is 0 Å². The number of H-pyrrole nitrogens is 1. The van der Waals surface area contributed by atoms with Gasteiger partial charge in [0, 0.05) is 12.3 Å². The normalized spacial score (nSPS) is 17.1. The molecule has 5 nitrogen and oxygen atoms in total. The fraction of sp³-hybridized carbons (Fsp3) is 0.500. The molecule has 2 aromatic rings. The lowest BCUT2D eigenvalue weighted by Gasteiger charge is -2.09. The van der Waals surface area contributed by atoms with E-state index in [0.717, 1.165) is 16.9 Å². The quantitative estimate of drug-likeness (QED) is 0.904. The number of aromatic nitrogens is 2. The molecule has 108 valence electrons. The lowest BCUT2D eigenvalue weighted by atomic mass is 10.2. The molecule has 0 spiro atoms. The molecule has 1 heterocycles. The van der Waals surface area contributed by atoms with Gasteiger partial charge in [0.1, 0.15) is 5.82 Å². The van der Waals surface area contributed by atoms with Gasteiger partial charge < -0.3 is 10.3 Å². The molecule has 1 aromatic carbocycles. The summed E-state index contributed by atoms with van der Waals surface area (Å²) >= 11 is 0. The lowest BCUT2D eigenvalue weighted by Crippen LogP contribution is -2.25. The number of aromatic amines is 1. The van der Waals surface area contributed by atoms with E-state index >= 15 is 0 Å². The Balaban J connectivity index is 1.79. The molecule has 0 radical (unpaired) electrons. The van der Waals surface area contributed by atoms with Crippen molar-refractivity contribution in [1.29, 1.82) is 0 Å². The van der Waals surface area contributed by atoms with Crippen LogP contribution in [0.2, 0.25) is 0 Å². The van der Waals surface area contributed by atoms with Crippen LogP contribution in [0.5, 0.6) is 0 Å². The van der Waals surface area contributed by atoms with Crippen molar-refractivity contribution < 1.29 is 8.42 Å². The summed E-state index contributed by atoms with van der Waals surface area (Å²) in [5.74, 6) is 0.859. The first-order valence-electron chi connectivity index (χ1n) is 6.94. The molecule has 2 N–H and O–H groups in total. The highest BCUT2D eigenvalue weighted by molar-refractivity contribution is 7.90. The Bertz CT molecular complexity index is 715. The highest BCUT2D eigenvalue weighted by Gasteiger charge is 2.15. The standard InChI is InChI=1S/C14H19N3O2S/c1-20(18,19)11-6-7-12-13(8-11)17-14(16-12)9-15-10-4-2-3-5-10/h6-8,10,15H,2-5,9H2,1H3,(H,16,17). The first-order valence-corrected chi connectivity index (χ1v) is 8.83. The van der Waals surface area contributed by atoms with E-state index in [0.29, 0.717) is 17.5 Å². The van der Waals surface area contributed by atoms with Crippen LogP contribution in [-0.4, -0.2) is 30.7 Å². The van der Waals surface area contributed by atoms with E-state index in [2.05, 4.69) is 15.3 Å². The van der Waals surface area contributed by atoms with E-state index in [4.69, 9.17) is 0 Å². The van der Waals surface area contributed by atoms with Gasteiger partial charge in [-0.15, -0.1) is 0 Å². The van der Waals surface area contributed by atoms with E-state index in [9.17, 15) is 8.42 Å². The predicted octanol–water partition coefficient (Wildman–Crippen LogP) is 2.00. The minimum absolute atomic E-state index is 0.323. The topological polar surface area (TPSA) is 74.8 Å². The third kappa shape index (κ3) is 2.86. The van der Waals surface area contributed by atoms with Gasteiger partial charge in [0.2, 0.25) is 0 Å². The SMILES string of the molecule is CS(=O)(=O)c1ccc2nc(CNC3CCCC3)[nH]c2c1. The maximum absolute atomic E-state index is 11.5. The molecular weight excluding hydrogens is 274 g/mol. The van der Waals surface area contributed by atoms with Crippen LogP contribution in [0.1, 0.15) is 31.5 Å². The second-order valence-corrected chi connectivity index (χ2v) is 7.51. The van der Waals surface area contributed by atoms with Gasteiger partial charge >= 0.3 is 0 Å². The summed E-state index contributed by atoms with van der Waals surface area (Å²) in [6.45, 7) is 0.702. The summed E-state index contributed by atoms with van der Waals surface area (Å²) in [7, 11) is -3.17. The van der Waals surface area contributed by atoms with Crippen LogP contribution in [-0.2, 0) is 16.4 Å². The number of benzene rings is 1. The number of nitrogens with one attached hydrogen (secondary N) is 2. The Hall–Kier alpha value is -1.40. The van der Waals surface area contributed by atoms with Crippen LogP contribution in [0.3, 0.4) is 0 Å². The largest absolute Gasteiger partial charge is 0.341 e. The number of hydrogen-bond acceptors (Lipinski definition) is 4. The molecule has 3 rings (SSSR count). The average molecular weight is 293 g/mol. The first-order chi connectivity index (χ1) is 9.52. The van der Waals surface area contributed by atoms with Gasteiger partial charge in [0.25, 0.3) is 0 Å². The first kappa shape index (κ1) is 13.6. The minimum atomic E-state index is -3.17. The fourth-order valence-corrected chi connectivity index (χ4v) is 3.37. The molecule has 0 aliphatic heterocycles. The van der Waals surface area contributed by atoms with Crippen LogP contribution < -0.4 is 5.32 Å². The van der Waals surface area contributed by atoms with Crippen LogP contribution in [0.15, 0.2) is 23.1 Å². The van der Waals surface area contributed by atoms with Crippen molar-refractivity contribution in [3.8, 4) is 0 Å². The van der Waals surface area contributed by atoms with Crippen molar-refractivity contribution >= 4 is 20.9 Å². The van der Waals surface area contributed by atoms with Crippen molar-refractivity contribution in [2.24, 2.45) is 0 Å². The summed E-state index contributed by atoms with van der Waals surface area (Å²) in [6.07, 6.45) is 6.29. The highest BCUT2D eigenvalue weighted by Crippen LogP contribution is 2.19. The number of nitrogens with zero attached hydrogens (tertiary/aromatic N) is 1. The second-order valence-electron chi connectivity index (χ2n) is 5.50. The van der Waals surface area contributed by atoms with Gasteiger partial charge in [-0.25, -0.2) is 13.4 Å². The second kappa shape index (κ2) is 5.18. The molecule has 0 saturated heterocycles. The third-order valence-corrected chi connectivity index (χ3v) is 4.95. The van der Waals surface area contributed by atoms with Gasteiger partial charge in [-0.1, -0.05) is 12.8 Å². The van der Waals surface area contributed by atoms with Crippen LogP contribution in [0.4, 0.5) is 0 Å². The maximum atomic E-state index is 11.5. The molecule has 0 unspecified atom stereocenters. The van der Waals surface area contributed by atoms with Crippen LogP contribution in [0.25, 0.3) is 11.0 Å². The molecule has 1 fully saturated rings. The molecule has 6 heteroatoms. The average Bonchev–Trinajstić information content (AvgIpc) is 3.03. The van der Waals surface area contributed by atoms with Crippen molar-refractivity contribution in [3.63, 3.8) is 0 Å². The zero-order chi connectivity index (χ0) is 14.2. The summed E-state index contributed by atoms with van der Waals surface area (Å²) < 4.78 is 23.1. The summed E-state index contributed by atoms with van der Waals surface area (Å²) in [4.78, 5) is 8.00. The van der Waals surface area contributed by atoms with E-state index in [1.54, 1.807) is 18.2 Å². The smallest absolute Gasteiger partial charge is 0.175 e. The van der Waals surface area contributed by atoms with Gasteiger partial charge in [-0.3, -0.25) is 0 Å². The number of imidazole rings is 1. The van der Waals surface area contributed by atoms with E-state index in [1.807, 2.05) is 0 Å². The number of hydrogen-bond donors (Lipinski definition) is 2. The maximum Gasteiger partial charge on any atom is 0.175 e. The van der Waals surface area contributed by atoms with Crippen molar-refractivity contribution in [2.75, 3.05) is 6.26 Å². The number of fused-ring (bicyclic) bond motifs is 1. The van der Waals surface area contributed by atoms with Crippen molar-refractivity contribution in [2.45, 2.75) is 43.2 Å². The Morgan fingerprint density at radius 1 is 1.35 bits per heavy atom. The van der Waals surface area contributed by atoms with E-state index in [1.165, 1.54) is 31.9 Å². The Labute approximate surface area is 118 Å². The summed E-state index contributed by atoms with van der Waals surface area (Å²) in [5, 5.41) is 3.49. The zero-order valence-electron chi connectivity index (χ0n) is 11.5. The van der Waals surface area contributed by atoms with Gasteiger partial charge in [-0.2, -0.15) is 0 Å². The number of rotatable bonds is 4. The molecule has 20 heavy (non-hydrogen) atoms. The van der Waals surface area contributed by atoms with Crippen LogP contribution in [0, 0.1) is 0 Å². The molecule has 1 saturated carbocycles. The van der Waals surface area contributed by atoms with Gasteiger partial charge in [-0.05, 0) is 31.0 Å². The molecule has 1 aromatic heterocycles. The monoisotopic (exact) mass is 293 g/mol. The summed E-state index contributed by atoms with van der Waals surface area (Å²) in [6, 6.07) is 5.60. The van der Waals surface area contributed by atoms with Crippen molar-refractivity contribution in [3.05, 3.63) is 24.0 Å². The summed E-state index contributed by atoms with van der Waals surface area (Å²) in [5.41, 5.74) is 1.58. The van der Waals surface area contributed by atoms with E-state index < -0.39 is 9.84 Å². The van der Waals surface area contributed by atoms with Gasteiger partial charge in [0.15, 0.2) is 9.84 Å². The molecule has 0 atom stereocenters. The molecule has 1 aliphatic rings. The number of sulfone groups is 1. The Morgan fingerprint density at radius 2 is 2.10 bits per heavy atom. The lowest BCUT2D eigenvalue weighted by molar-refractivity contribution is 0.516. The Kier molecular flexibility index (Phi) is 3.52. The minimum Gasteiger partial charge on any atom is -0.341 e. The third-order valence-electron chi connectivity index (χ3n) is 3.84. The highest BCUT2D eigenvalue weighted by atomic mass is 32.2. The predicted molar refractivity (Wildman–Crippen MR) is 78.3 cm³/mol. The fourth-order valence-electron chi connectivity index (χ4n) is 2.73. The molecule has 1 aliphatic carbocycles. The van der Waals surface area contributed by atoms with Gasteiger partial charge in [0.05, 0.1) is 22.5 Å². The zero-order valence-corrected chi connectivity index (χ0v) is 12.3. The Morgan fingerprint density at radius 3 is 2.80 bits per heavy atom. The molecule has 0 bridgehead atoms. The molecule has 0 amide bonds.